The van der Waals surface area contributed by atoms with E-state index in [2.05, 4.69) is 12.2 Å². The highest BCUT2D eigenvalue weighted by molar-refractivity contribution is 5.98. The van der Waals surface area contributed by atoms with E-state index < -0.39 is 6.04 Å². The van der Waals surface area contributed by atoms with Gasteiger partial charge in [0.1, 0.15) is 0 Å². The zero-order valence-electron chi connectivity index (χ0n) is 18.0. The molecule has 1 atom stereocenters. The maximum atomic E-state index is 12.9. The van der Waals surface area contributed by atoms with E-state index in [-0.39, 0.29) is 11.7 Å². The van der Waals surface area contributed by atoms with Crippen molar-refractivity contribution in [3.63, 3.8) is 0 Å². The lowest BCUT2D eigenvalue weighted by Crippen LogP contribution is -2.42. The molecule has 0 saturated heterocycles. The monoisotopic (exact) mass is 393 g/mol. The summed E-state index contributed by atoms with van der Waals surface area (Å²) in [5.74, 6) is -0.0540. The summed E-state index contributed by atoms with van der Waals surface area (Å²) in [6.45, 7) is 4.21. The van der Waals surface area contributed by atoms with Crippen LogP contribution in [0, 0.1) is 6.92 Å². The van der Waals surface area contributed by atoms with Crippen molar-refractivity contribution in [2.75, 3.05) is 0 Å². The van der Waals surface area contributed by atoms with Gasteiger partial charge in [-0.25, -0.2) is 0 Å². The van der Waals surface area contributed by atoms with E-state index in [1.54, 1.807) is 0 Å². The van der Waals surface area contributed by atoms with Crippen LogP contribution >= 0.6 is 0 Å². The molecule has 0 bridgehead atoms. The van der Waals surface area contributed by atoms with Crippen LogP contribution in [0.5, 0.6) is 0 Å². The Morgan fingerprint density at radius 2 is 1.45 bits per heavy atom. The highest BCUT2D eigenvalue weighted by Crippen LogP contribution is 2.12. The molecule has 0 aromatic heterocycles. The first-order chi connectivity index (χ1) is 14.1. The van der Waals surface area contributed by atoms with E-state index in [4.69, 9.17) is 0 Å². The summed E-state index contributed by atoms with van der Waals surface area (Å²) >= 11 is 0. The van der Waals surface area contributed by atoms with E-state index >= 15 is 0 Å². The molecule has 1 amide bonds. The summed E-state index contributed by atoms with van der Waals surface area (Å²) in [5.41, 5.74) is 2.77. The maximum Gasteiger partial charge on any atom is 0.251 e. The Bertz CT molecular complexity index is 737. The molecule has 0 heterocycles. The lowest BCUT2D eigenvalue weighted by molar-refractivity contribution is -0.121. The fraction of sp³-hybridized carbons (Fsp3) is 0.462. The van der Waals surface area contributed by atoms with Gasteiger partial charge in [0.05, 0.1) is 6.04 Å². The van der Waals surface area contributed by atoms with Crippen molar-refractivity contribution in [1.82, 2.24) is 5.32 Å². The number of unbranched alkanes of at least 4 members (excludes halogenated alkanes) is 6. The average molecular weight is 394 g/mol. The van der Waals surface area contributed by atoms with Crippen LogP contribution in [-0.4, -0.2) is 17.7 Å². The SMILES string of the molecule is CCCCCCCCCC(=O)[C@H](Cc1ccccc1)NC(=O)c1ccc(C)cc1. The van der Waals surface area contributed by atoms with Gasteiger partial charge in [0, 0.05) is 12.0 Å². The summed E-state index contributed by atoms with van der Waals surface area (Å²) in [6.07, 6.45) is 9.31. The molecule has 156 valence electrons. The van der Waals surface area contributed by atoms with Crippen molar-refractivity contribution < 1.29 is 9.59 Å². The van der Waals surface area contributed by atoms with Crippen molar-refractivity contribution in [3.8, 4) is 0 Å². The van der Waals surface area contributed by atoms with E-state index in [9.17, 15) is 9.59 Å². The lowest BCUT2D eigenvalue weighted by atomic mass is 9.97. The second kappa shape index (κ2) is 12.9. The number of nitrogens with one attached hydrogen (secondary N) is 1. The molecular formula is C26H35NO2. The van der Waals surface area contributed by atoms with Crippen molar-refractivity contribution in [2.45, 2.75) is 77.7 Å². The molecule has 2 rings (SSSR count). The Hall–Kier alpha value is -2.42. The summed E-state index contributed by atoms with van der Waals surface area (Å²) in [7, 11) is 0. The van der Waals surface area contributed by atoms with Crippen molar-refractivity contribution >= 4 is 11.7 Å². The Balaban J connectivity index is 1.92. The number of ketones is 1. The molecule has 3 heteroatoms. The standard InChI is InChI=1S/C26H35NO2/c1-3-4-5-6-7-8-12-15-25(28)24(20-22-13-10-9-11-14-22)27-26(29)23-18-16-21(2)17-19-23/h9-11,13-14,16-19,24H,3-8,12,15,20H2,1-2H3,(H,27,29)/t24-/m0/s1. The normalized spacial score (nSPS) is 11.8. The van der Waals surface area contributed by atoms with Gasteiger partial charge in [-0.15, -0.1) is 0 Å². The summed E-state index contributed by atoms with van der Waals surface area (Å²) in [6, 6.07) is 16.9. The Morgan fingerprint density at radius 3 is 2.10 bits per heavy atom. The first-order valence-electron chi connectivity index (χ1n) is 11.0. The second-order valence-electron chi connectivity index (χ2n) is 7.92. The number of amides is 1. The van der Waals surface area contributed by atoms with Gasteiger partial charge in [-0.05, 0) is 37.5 Å². The summed E-state index contributed by atoms with van der Waals surface area (Å²) in [4.78, 5) is 25.6. The highest BCUT2D eigenvalue weighted by atomic mass is 16.2. The predicted octanol–water partition coefficient (Wildman–Crippen LogP) is 6.05. The number of hydrogen-bond donors (Lipinski definition) is 1. The van der Waals surface area contributed by atoms with Gasteiger partial charge >= 0.3 is 0 Å². The van der Waals surface area contributed by atoms with Crippen LogP contribution < -0.4 is 5.32 Å². The molecule has 29 heavy (non-hydrogen) atoms. The molecule has 0 aliphatic rings. The second-order valence-corrected chi connectivity index (χ2v) is 7.92. The number of carbonyl (C=O) groups is 2. The fourth-order valence-corrected chi connectivity index (χ4v) is 3.47. The Kier molecular flexibility index (Phi) is 10.2. The largest absolute Gasteiger partial charge is 0.342 e. The van der Waals surface area contributed by atoms with Crippen LogP contribution in [0.25, 0.3) is 0 Å². The van der Waals surface area contributed by atoms with Crippen molar-refractivity contribution in [1.29, 1.82) is 0 Å². The molecular weight excluding hydrogens is 358 g/mol. The molecule has 0 fully saturated rings. The van der Waals surface area contributed by atoms with E-state index in [0.717, 1.165) is 24.0 Å². The number of carbonyl (C=O) groups excluding carboxylic acids is 2. The molecule has 0 saturated carbocycles. The van der Waals surface area contributed by atoms with Gasteiger partial charge in [0.2, 0.25) is 0 Å². The maximum absolute atomic E-state index is 12.9. The van der Waals surface area contributed by atoms with E-state index in [1.807, 2.05) is 61.5 Å². The zero-order chi connectivity index (χ0) is 20.9. The first kappa shape index (κ1) is 22.9. The number of hydrogen-bond acceptors (Lipinski definition) is 2. The lowest BCUT2D eigenvalue weighted by Gasteiger charge is -2.18. The topological polar surface area (TPSA) is 46.2 Å². The Labute approximate surface area is 175 Å². The minimum atomic E-state index is -0.480. The molecule has 0 spiro atoms. The first-order valence-corrected chi connectivity index (χ1v) is 11.0. The molecule has 1 N–H and O–H groups in total. The van der Waals surface area contributed by atoms with E-state index in [1.165, 1.54) is 32.1 Å². The molecule has 2 aromatic rings. The minimum Gasteiger partial charge on any atom is -0.342 e. The molecule has 3 nitrogen and oxygen atoms in total. The van der Waals surface area contributed by atoms with Crippen LogP contribution in [-0.2, 0) is 11.2 Å². The van der Waals surface area contributed by atoms with Crippen LogP contribution in [0.15, 0.2) is 54.6 Å². The Morgan fingerprint density at radius 1 is 0.828 bits per heavy atom. The van der Waals surface area contributed by atoms with Crippen LogP contribution in [0.2, 0.25) is 0 Å². The minimum absolute atomic E-state index is 0.128. The average Bonchev–Trinajstić information content (AvgIpc) is 2.73. The molecule has 2 aromatic carbocycles. The molecule has 0 unspecified atom stereocenters. The highest BCUT2D eigenvalue weighted by Gasteiger charge is 2.21. The van der Waals surface area contributed by atoms with Gasteiger partial charge in [-0.1, -0.05) is 93.5 Å². The number of benzene rings is 2. The number of rotatable bonds is 13. The van der Waals surface area contributed by atoms with Gasteiger partial charge in [0.25, 0.3) is 5.91 Å². The zero-order valence-corrected chi connectivity index (χ0v) is 18.0. The smallest absolute Gasteiger partial charge is 0.251 e. The van der Waals surface area contributed by atoms with Gasteiger partial charge in [-0.3, -0.25) is 9.59 Å². The van der Waals surface area contributed by atoms with Gasteiger partial charge in [-0.2, -0.15) is 0 Å². The third kappa shape index (κ3) is 8.64. The summed E-state index contributed by atoms with van der Waals surface area (Å²) < 4.78 is 0. The van der Waals surface area contributed by atoms with Gasteiger partial charge < -0.3 is 5.32 Å². The third-order valence-electron chi connectivity index (χ3n) is 5.32. The van der Waals surface area contributed by atoms with Crippen molar-refractivity contribution in [2.24, 2.45) is 0 Å². The molecule has 0 aliphatic heterocycles. The number of Topliss-reactive ketones (excluding diaryl/α,β-unsaturated/α-hetero) is 1. The van der Waals surface area contributed by atoms with Crippen LogP contribution in [0.4, 0.5) is 0 Å². The van der Waals surface area contributed by atoms with E-state index in [0.29, 0.717) is 18.4 Å². The number of aryl methyl sites for hydroxylation is 1. The van der Waals surface area contributed by atoms with Crippen LogP contribution in [0.3, 0.4) is 0 Å². The van der Waals surface area contributed by atoms with Crippen LogP contribution in [0.1, 0.15) is 79.8 Å². The molecule has 0 radical (unpaired) electrons. The quantitative estimate of drug-likeness (QED) is 0.421. The van der Waals surface area contributed by atoms with Crippen molar-refractivity contribution in [3.05, 3.63) is 71.3 Å². The van der Waals surface area contributed by atoms with Gasteiger partial charge in [0.15, 0.2) is 5.78 Å². The molecule has 0 aliphatic carbocycles. The fourth-order valence-electron chi connectivity index (χ4n) is 3.47. The predicted molar refractivity (Wildman–Crippen MR) is 120 cm³/mol. The third-order valence-corrected chi connectivity index (χ3v) is 5.32. The summed E-state index contributed by atoms with van der Waals surface area (Å²) in [5, 5.41) is 2.98.